The molecule has 1 aromatic rings. The molecule has 1 aromatic carbocycles. The molecule has 0 atom stereocenters. The van der Waals surface area contributed by atoms with Crippen molar-refractivity contribution in [1.29, 1.82) is 0 Å². The van der Waals surface area contributed by atoms with Crippen molar-refractivity contribution in [3.63, 3.8) is 0 Å². The molecule has 1 spiro atoms. The van der Waals surface area contributed by atoms with Crippen LogP contribution in [0.3, 0.4) is 0 Å². The smallest absolute Gasteiger partial charge is 0.261 e. The molecule has 0 aromatic heterocycles. The topological polar surface area (TPSA) is 49.9 Å². The summed E-state index contributed by atoms with van der Waals surface area (Å²) in [6.07, 6.45) is 4.35. The van der Waals surface area contributed by atoms with E-state index in [0.717, 1.165) is 56.8 Å². The molecule has 26 heavy (non-hydrogen) atoms. The first-order valence-electron chi connectivity index (χ1n) is 9.55. The normalized spacial score (nSPS) is 19.0. The third kappa shape index (κ3) is 4.34. The number of carbonyl (C=O) groups is 2. The Balaban J connectivity index is 1.54. The van der Waals surface area contributed by atoms with Crippen molar-refractivity contribution in [2.24, 2.45) is 0 Å². The minimum atomic E-state index is -0.154. The van der Waals surface area contributed by atoms with Gasteiger partial charge in [-0.15, -0.1) is 11.8 Å². The Labute approximate surface area is 160 Å². The van der Waals surface area contributed by atoms with E-state index in [1.54, 1.807) is 0 Å². The quantitative estimate of drug-likeness (QED) is 0.765. The number of hydrogen-bond donors (Lipinski definition) is 0. The van der Waals surface area contributed by atoms with Crippen LogP contribution in [0, 0.1) is 0 Å². The molecule has 2 saturated heterocycles. The summed E-state index contributed by atoms with van der Waals surface area (Å²) in [5.74, 6) is 1.98. The number of carbonyl (C=O) groups excluding carboxylic acids is 2. The third-order valence-corrected chi connectivity index (χ3v) is 6.78. The minimum Gasteiger partial charge on any atom is -0.484 e. The van der Waals surface area contributed by atoms with Crippen molar-refractivity contribution in [3.8, 4) is 5.75 Å². The van der Waals surface area contributed by atoms with E-state index in [-0.39, 0.29) is 23.3 Å². The van der Waals surface area contributed by atoms with Gasteiger partial charge in [-0.05, 0) is 31.4 Å². The second-order valence-corrected chi connectivity index (χ2v) is 8.38. The van der Waals surface area contributed by atoms with Gasteiger partial charge in [0, 0.05) is 31.8 Å². The molecule has 0 N–H and O–H groups in total. The van der Waals surface area contributed by atoms with Crippen molar-refractivity contribution >= 4 is 23.6 Å². The third-order valence-electron chi connectivity index (χ3n) is 5.23. The molecule has 2 aliphatic rings. The van der Waals surface area contributed by atoms with Crippen LogP contribution in [0.15, 0.2) is 30.3 Å². The molecule has 0 radical (unpaired) electrons. The molecule has 142 valence electrons. The van der Waals surface area contributed by atoms with Gasteiger partial charge >= 0.3 is 0 Å². The van der Waals surface area contributed by atoms with E-state index in [2.05, 4.69) is 6.92 Å². The van der Waals surface area contributed by atoms with E-state index < -0.39 is 0 Å². The first-order chi connectivity index (χ1) is 12.6. The van der Waals surface area contributed by atoms with E-state index >= 15 is 0 Å². The van der Waals surface area contributed by atoms with Crippen molar-refractivity contribution in [3.05, 3.63) is 30.3 Å². The number of piperidine rings is 1. The molecule has 2 aliphatic heterocycles. The highest BCUT2D eigenvalue weighted by Gasteiger charge is 2.46. The average molecular weight is 377 g/mol. The highest BCUT2D eigenvalue weighted by molar-refractivity contribution is 8.00. The SMILES string of the molecule is CCCCC(=O)N1CCC2(CC1)SCCN2C(=O)COc1ccccc1. The number of amides is 2. The van der Waals surface area contributed by atoms with Gasteiger partial charge in [0.05, 0.1) is 4.87 Å². The second-order valence-electron chi connectivity index (χ2n) is 6.93. The lowest BCUT2D eigenvalue weighted by atomic mass is 10.0. The molecule has 0 saturated carbocycles. The van der Waals surface area contributed by atoms with E-state index in [1.807, 2.05) is 51.9 Å². The predicted octanol–water partition coefficient (Wildman–Crippen LogP) is 3.15. The Morgan fingerprint density at radius 2 is 1.85 bits per heavy atom. The Kier molecular flexibility index (Phi) is 6.46. The molecular weight excluding hydrogens is 348 g/mol. The maximum Gasteiger partial charge on any atom is 0.261 e. The van der Waals surface area contributed by atoms with Crippen molar-refractivity contribution in [2.75, 3.05) is 32.0 Å². The summed E-state index contributed by atoms with van der Waals surface area (Å²) >= 11 is 1.87. The first kappa shape index (κ1) is 19.1. The average Bonchev–Trinajstić information content (AvgIpc) is 3.08. The summed E-state index contributed by atoms with van der Waals surface area (Å²) < 4.78 is 5.65. The largest absolute Gasteiger partial charge is 0.484 e. The molecule has 6 heteroatoms. The van der Waals surface area contributed by atoms with Crippen LogP contribution in [0.2, 0.25) is 0 Å². The molecule has 3 rings (SSSR count). The number of likely N-dealkylation sites (tertiary alicyclic amines) is 1. The standard InChI is InChI=1S/C20H28N2O3S/c1-2-3-9-18(23)21-12-10-20(11-13-21)22(14-15-26-20)19(24)16-25-17-7-5-4-6-8-17/h4-8H,2-3,9-16H2,1H3. The van der Waals surface area contributed by atoms with Crippen LogP contribution in [0.5, 0.6) is 5.75 Å². The number of ether oxygens (including phenoxy) is 1. The Morgan fingerprint density at radius 1 is 1.12 bits per heavy atom. The maximum atomic E-state index is 12.8. The number of rotatable bonds is 6. The number of nitrogens with zero attached hydrogens (tertiary/aromatic N) is 2. The van der Waals surface area contributed by atoms with Gasteiger partial charge in [-0.3, -0.25) is 9.59 Å². The highest BCUT2D eigenvalue weighted by Crippen LogP contribution is 2.44. The fourth-order valence-corrected chi connectivity index (χ4v) is 5.18. The molecule has 2 heterocycles. The van der Waals surface area contributed by atoms with Gasteiger partial charge in [0.15, 0.2) is 6.61 Å². The zero-order chi connectivity index (χ0) is 18.4. The molecule has 0 unspecified atom stereocenters. The lowest BCUT2D eigenvalue weighted by molar-refractivity contribution is -0.138. The minimum absolute atomic E-state index is 0.0459. The lowest BCUT2D eigenvalue weighted by Gasteiger charge is -2.44. The zero-order valence-corrected chi connectivity index (χ0v) is 16.3. The van der Waals surface area contributed by atoms with E-state index in [9.17, 15) is 9.59 Å². The molecule has 0 bridgehead atoms. The van der Waals surface area contributed by atoms with Gasteiger partial charge in [-0.1, -0.05) is 31.5 Å². The van der Waals surface area contributed by atoms with Crippen LogP contribution in [0.25, 0.3) is 0 Å². The van der Waals surface area contributed by atoms with E-state index in [1.165, 1.54) is 0 Å². The number of thioether (sulfide) groups is 1. The number of benzene rings is 1. The Hall–Kier alpha value is -1.69. The molecule has 2 amide bonds. The molecule has 2 fully saturated rings. The van der Waals surface area contributed by atoms with Crippen molar-refractivity contribution in [2.45, 2.75) is 43.9 Å². The van der Waals surface area contributed by atoms with Crippen molar-refractivity contribution < 1.29 is 14.3 Å². The fraction of sp³-hybridized carbons (Fsp3) is 0.600. The van der Waals surface area contributed by atoms with Gasteiger partial charge in [0.2, 0.25) is 5.91 Å². The monoisotopic (exact) mass is 376 g/mol. The Bertz CT molecular complexity index is 615. The van der Waals surface area contributed by atoms with Crippen LogP contribution < -0.4 is 4.74 Å². The van der Waals surface area contributed by atoms with Crippen LogP contribution in [0.4, 0.5) is 0 Å². The lowest BCUT2D eigenvalue weighted by Crippen LogP contribution is -2.54. The predicted molar refractivity (Wildman–Crippen MR) is 104 cm³/mol. The summed E-state index contributed by atoms with van der Waals surface area (Å²) in [4.78, 5) is 28.8. The summed E-state index contributed by atoms with van der Waals surface area (Å²) in [7, 11) is 0. The number of para-hydroxylation sites is 1. The van der Waals surface area contributed by atoms with Gasteiger partial charge in [0.1, 0.15) is 5.75 Å². The first-order valence-corrected chi connectivity index (χ1v) is 10.5. The van der Waals surface area contributed by atoms with Gasteiger partial charge < -0.3 is 14.5 Å². The summed E-state index contributed by atoms with van der Waals surface area (Å²) in [5, 5.41) is 0. The number of unbranched alkanes of at least 4 members (excludes halogenated alkanes) is 1. The van der Waals surface area contributed by atoms with Gasteiger partial charge in [0.25, 0.3) is 5.91 Å². The molecule has 0 aliphatic carbocycles. The molecular formula is C20H28N2O3S. The van der Waals surface area contributed by atoms with Crippen LogP contribution in [0.1, 0.15) is 39.0 Å². The number of hydrogen-bond acceptors (Lipinski definition) is 4. The maximum absolute atomic E-state index is 12.8. The van der Waals surface area contributed by atoms with Crippen LogP contribution >= 0.6 is 11.8 Å². The summed E-state index contributed by atoms with van der Waals surface area (Å²) in [6, 6.07) is 9.46. The van der Waals surface area contributed by atoms with Gasteiger partial charge in [-0.25, -0.2) is 0 Å². The van der Waals surface area contributed by atoms with Crippen molar-refractivity contribution in [1.82, 2.24) is 9.80 Å². The zero-order valence-electron chi connectivity index (χ0n) is 15.5. The molecule has 5 nitrogen and oxygen atoms in total. The van der Waals surface area contributed by atoms with Gasteiger partial charge in [-0.2, -0.15) is 0 Å². The van der Waals surface area contributed by atoms with Crippen LogP contribution in [-0.2, 0) is 9.59 Å². The fourth-order valence-electron chi connectivity index (χ4n) is 3.71. The summed E-state index contributed by atoms with van der Waals surface area (Å²) in [5.41, 5.74) is 0. The Morgan fingerprint density at radius 3 is 2.54 bits per heavy atom. The second kappa shape index (κ2) is 8.80. The highest BCUT2D eigenvalue weighted by atomic mass is 32.2. The van der Waals surface area contributed by atoms with Crippen LogP contribution in [-0.4, -0.2) is 58.5 Å². The van der Waals surface area contributed by atoms with E-state index in [4.69, 9.17) is 4.74 Å². The van der Waals surface area contributed by atoms with E-state index in [0.29, 0.717) is 6.42 Å². The summed E-state index contributed by atoms with van der Waals surface area (Å²) in [6.45, 7) is 4.45.